The molecule has 0 spiro atoms. The minimum Gasteiger partial charge on any atom is -0.395 e. The number of aliphatic hydroxyl groups is 1. The number of benzene rings is 1. The number of likely N-dealkylation sites (N-methyl/N-ethyl adjacent to an activating group) is 1. The van der Waals surface area contributed by atoms with E-state index in [0.717, 1.165) is 28.4 Å². The minimum atomic E-state index is 0.121. The van der Waals surface area contributed by atoms with Gasteiger partial charge in [-0.3, -0.25) is 0 Å². The van der Waals surface area contributed by atoms with Gasteiger partial charge in [-0.25, -0.2) is 0 Å². The molecule has 0 bridgehead atoms. The van der Waals surface area contributed by atoms with E-state index >= 15 is 0 Å². The summed E-state index contributed by atoms with van der Waals surface area (Å²) in [6.45, 7) is 5.68. The Morgan fingerprint density at radius 3 is 2.67 bits per heavy atom. The quantitative estimate of drug-likeness (QED) is 0.594. The third-order valence-electron chi connectivity index (χ3n) is 2.64. The number of nitrogens with zero attached hydrogens (tertiary/aromatic N) is 1. The smallest absolute Gasteiger partial charge is 0.107 e. The van der Waals surface area contributed by atoms with Crippen LogP contribution in [-0.2, 0) is 0 Å². The van der Waals surface area contributed by atoms with Gasteiger partial charge in [0.2, 0.25) is 0 Å². The summed E-state index contributed by atoms with van der Waals surface area (Å²) in [5, 5.41) is 9.12. The number of rotatable bonds is 7. The van der Waals surface area contributed by atoms with Crippen molar-refractivity contribution >= 4 is 34.7 Å². The van der Waals surface area contributed by atoms with Crippen molar-refractivity contribution in [3.8, 4) is 0 Å². The van der Waals surface area contributed by atoms with Crippen molar-refractivity contribution in [2.24, 2.45) is 5.73 Å². The molecule has 0 radical (unpaired) electrons. The molecule has 3 N–H and O–H groups in total. The molecule has 5 heteroatoms. The van der Waals surface area contributed by atoms with E-state index in [2.05, 4.69) is 18.7 Å². The zero-order chi connectivity index (χ0) is 13.5. The standard InChI is InChI=1S/C13H20N2OS2/c1-3-15(8-9-16)10-6-5-7-11(18-4-2)12(10)13(14)17/h5-7,16H,3-4,8-9H2,1-2H3,(H2,14,17). The highest BCUT2D eigenvalue weighted by Gasteiger charge is 2.15. The molecule has 0 aliphatic rings. The average Bonchev–Trinajstić information content (AvgIpc) is 2.35. The van der Waals surface area contributed by atoms with Gasteiger partial charge in [0, 0.05) is 29.2 Å². The average molecular weight is 284 g/mol. The van der Waals surface area contributed by atoms with Crippen molar-refractivity contribution < 1.29 is 5.11 Å². The van der Waals surface area contributed by atoms with Crippen molar-refractivity contribution in [3.05, 3.63) is 23.8 Å². The molecule has 0 saturated heterocycles. The van der Waals surface area contributed by atoms with Crippen LogP contribution in [0.25, 0.3) is 0 Å². The lowest BCUT2D eigenvalue weighted by Crippen LogP contribution is -2.29. The molecule has 1 aromatic rings. The predicted molar refractivity (Wildman–Crippen MR) is 83.7 cm³/mol. The predicted octanol–water partition coefficient (Wildman–Crippen LogP) is 2.25. The maximum atomic E-state index is 9.12. The summed E-state index contributed by atoms with van der Waals surface area (Å²) >= 11 is 6.91. The second kappa shape index (κ2) is 7.61. The summed E-state index contributed by atoms with van der Waals surface area (Å²) in [4.78, 5) is 3.62. The van der Waals surface area contributed by atoms with Crippen molar-refractivity contribution in [2.45, 2.75) is 18.7 Å². The number of aliphatic hydroxyl groups excluding tert-OH is 1. The third-order valence-corrected chi connectivity index (χ3v) is 3.79. The first-order valence-electron chi connectivity index (χ1n) is 6.07. The molecule has 18 heavy (non-hydrogen) atoms. The summed E-state index contributed by atoms with van der Waals surface area (Å²) < 4.78 is 0. The molecule has 0 aliphatic heterocycles. The lowest BCUT2D eigenvalue weighted by Gasteiger charge is -2.25. The van der Waals surface area contributed by atoms with Crippen LogP contribution in [-0.4, -0.2) is 35.5 Å². The van der Waals surface area contributed by atoms with Crippen LogP contribution in [0, 0.1) is 0 Å². The topological polar surface area (TPSA) is 49.5 Å². The van der Waals surface area contributed by atoms with Crippen LogP contribution < -0.4 is 10.6 Å². The molecule has 1 aromatic carbocycles. The Bertz CT molecular complexity index is 410. The highest BCUT2D eigenvalue weighted by Crippen LogP contribution is 2.30. The molecule has 1 rings (SSSR count). The first-order chi connectivity index (χ1) is 8.65. The zero-order valence-electron chi connectivity index (χ0n) is 10.8. The molecule has 0 aromatic heterocycles. The molecule has 0 amide bonds. The molecule has 0 fully saturated rings. The van der Waals surface area contributed by atoms with Crippen LogP contribution in [0.1, 0.15) is 19.4 Å². The van der Waals surface area contributed by atoms with Crippen LogP contribution >= 0.6 is 24.0 Å². The zero-order valence-corrected chi connectivity index (χ0v) is 12.5. The summed E-state index contributed by atoms with van der Waals surface area (Å²) in [6.07, 6.45) is 0. The second-order valence-electron chi connectivity index (χ2n) is 3.75. The van der Waals surface area contributed by atoms with Crippen LogP contribution in [0.2, 0.25) is 0 Å². The maximum Gasteiger partial charge on any atom is 0.107 e. The van der Waals surface area contributed by atoms with E-state index in [1.165, 1.54) is 0 Å². The lowest BCUT2D eigenvalue weighted by molar-refractivity contribution is 0.302. The molecule has 0 aliphatic carbocycles. The first-order valence-corrected chi connectivity index (χ1v) is 7.46. The van der Waals surface area contributed by atoms with E-state index in [1.54, 1.807) is 11.8 Å². The fourth-order valence-electron chi connectivity index (χ4n) is 1.88. The molecule has 100 valence electrons. The van der Waals surface area contributed by atoms with E-state index in [-0.39, 0.29) is 6.61 Å². The summed E-state index contributed by atoms with van der Waals surface area (Å²) in [5.74, 6) is 0.977. The Hall–Kier alpha value is -0.780. The normalized spacial score (nSPS) is 10.4. The van der Waals surface area contributed by atoms with Gasteiger partial charge >= 0.3 is 0 Å². The number of hydrogen-bond donors (Lipinski definition) is 2. The lowest BCUT2D eigenvalue weighted by atomic mass is 10.1. The van der Waals surface area contributed by atoms with Gasteiger partial charge in [-0.15, -0.1) is 11.8 Å². The van der Waals surface area contributed by atoms with Gasteiger partial charge in [0.05, 0.1) is 6.61 Å². The molecule has 0 unspecified atom stereocenters. The fourth-order valence-corrected chi connectivity index (χ4v) is 3.00. The molecular weight excluding hydrogens is 264 g/mol. The Morgan fingerprint density at radius 2 is 2.17 bits per heavy atom. The van der Waals surface area contributed by atoms with Crippen LogP contribution in [0.3, 0.4) is 0 Å². The highest BCUT2D eigenvalue weighted by molar-refractivity contribution is 7.99. The fraction of sp³-hybridized carbons (Fsp3) is 0.462. The van der Waals surface area contributed by atoms with Gasteiger partial charge in [-0.1, -0.05) is 25.2 Å². The van der Waals surface area contributed by atoms with Gasteiger partial charge in [-0.2, -0.15) is 0 Å². The summed E-state index contributed by atoms with van der Waals surface area (Å²) in [6, 6.07) is 6.06. The Kier molecular flexibility index (Phi) is 6.46. The van der Waals surface area contributed by atoms with Crippen LogP contribution in [0.4, 0.5) is 5.69 Å². The van der Waals surface area contributed by atoms with E-state index < -0.39 is 0 Å². The number of thioether (sulfide) groups is 1. The minimum absolute atomic E-state index is 0.121. The molecule has 0 atom stereocenters. The highest BCUT2D eigenvalue weighted by atomic mass is 32.2. The maximum absolute atomic E-state index is 9.12. The van der Waals surface area contributed by atoms with Crippen molar-refractivity contribution in [1.82, 2.24) is 0 Å². The Morgan fingerprint density at radius 1 is 1.44 bits per heavy atom. The van der Waals surface area contributed by atoms with Crippen LogP contribution in [0.5, 0.6) is 0 Å². The first kappa shape index (κ1) is 15.3. The number of thiocarbonyl (C=S) groups is 1. The molecular formula is C13H20N2OS2. The molecule has 3 nitrogen and oxygen atoms in total. The summed E-state index contributed by atoms with van der Waals surface area (Å²) in [7, 11) is 0. The van der Waals surface area contributed by atoms with Crippen molar-refractivity contribution in [1.29, 1.82) is 0 Å². The van der Waals surface area contributed by atoms with E-state index in [1.807, 2.05) is 18.2 Å². The molecule has 0 heterocycles. The third kappa shape index (κ3) is 3.60. The number of hydrogen-bond acceptors (Lipinski definition) is 4. The van der Waals surface area contributed by atoms with Gasteiger partial charge in [0.1, 0.15) is 4.99 Å². The van der Waals surface area contributed by atoms with Gasteiger partial charge in [-0.05, 0) is 24.8 Å². The summed E-state index contributed by atoms with van der Waals surface area (Å²) in [5.41, 5.74) is 7.80. The van der Waals surface area contributed by atoms with Crippen molar-refractivity contribution in [3.63, 3.8) is 0 Å². The van der Waals surface area contributed by atoms with E-state index in [0.29, 0.717) is 11.5 Å². The van der Waals surface area contributed by atoms with Gasteiger partial charge in [0.25, 0.3) is 0 Å². The number of nitrogens with two attached hydrogens (primary N) is 1. The van der Waals surface area contributed by atoms with E-state index in [9.17, 15) is 0 Å². The number of anilines is 1. The van der Waals surface area contributed by atoms with E-state index in [4.69, 9.17) is 23.1 Å². The SMILES string of the molecule is CCSc1cccc(N(CC)CCO)c1C(N)=S. The largest absolute Gasteiger partial charge is 0.395 e. The monoisotopic (exact) mass is 284 g/mol. The van der Waals surface area contributed by atoms with Crippen LogP contribution in [0.15, 0.2) is 23.1 Å². The van der Waals surface area contributed by atoms with Gasteiger partial charge < -0.3 is 15.7 Å². The van der Waals surface area contributed by atoms with Gasteiger partial charge in [0.15, 0.2) is 0 Å². The second-order valence-corrected chi connectivity index (χ2v) is 5.50. The Labute approximate surface area is 118 Å². The molecule has 0 saturated carbocycles. The van der Waals surface area contributed by atoms with Crippen molar-refractivity contribution in [2.75, 3.05) is 30.3 Å². The Balaban J connectivity index is 3.24.